The van der Waals surface area contributed by atoms with E-state index in [-0.39, 0.29) is 12.1 Å². The maximum Gasteiger partial charge on any atom is 0.317 e. The number of piperidine rings is 1. The number of nitrogens with zero attached hydrogens (tertiary/aromatic N) is 1. The monoisotopic (exact) mass is 264 g/mol. The molecule has 5 nitrogen and oxygen atoms in total. The van der Waals surface area contributed by atoms with Crippen LogP contribution >= 0.6 is 0 Å². The predicted molar refractivity (Wildman–Crippen MR) is 72.1 cm³/mol. The topological polar surface area (TPSA) is 61.8 Å². The summed E-state index contributed by atoms with van der Waals surface area (Å²) in [5.74, 6) is 0.796. The lowest BCUT2D eigenvalue weighted by molar-refractivity contribution is 0.0840. The second-order valence-corrected chi connectivity index (χ2v) is 4.64. The number of likely N-dealkylation sites (tertiary alicyclic amines) is 1. The first-order valence-corrected chi connectivity index (χ1v) is 6.64. The summed E-state index contributed by atoms with van der Waals surface area (Å²) in [6.45, 7) is 2.03. The molecule has 5 heteroatoms. The molecule has 0 bridgehead atoms. The van der Waals surface area contributed by atoms with Crippen LogP contribution in [0.15, 0.2) is 30.3 Å². The van der Waals surface area contributed by atoms with E-state index in [1.807, 2.05) is 30.3 Å². The molecule has 0 radical (unpaired) electrons. The van der Waals surface area contributed by atoms with Gasteiger partial charge in [-0.3, -0.25) is 0 Å². The van der Waals surface area contributed by atoms with E-state index in [1.54, 1.807) is 4.90 Å². The van der Waals surface area contributed by atoms with Crippen LogP contribution < -0.4 is 10.1 Å². The second kappa shape index (κ2) is 6.99. The molecule has 2 rings (SSSR count). The SMILES string of the molecule is O=C(NCCOc1ccccc1)N1CCCC(O)C1. The fourth-order valence-corrected chi connectivity index (χ4v) is 2.09. The Morgan fingerprint density at radius 3 is 2.95 bits per heavy atom. The van der Waals surface area contributed by atoms with Gasteiger partial charge in [0.15, 0.2) is 0 Å². The van der Waals surface area contributed by atoms with Gasteiger partial charge < -0.3 is 20.1 Å². The van der Waals surface area contributed by atoms with Gasteiger partial charge in [-0.25, -0.2) is 4.79 Å². The number of hydrogen-bond acceptors (Lipinski definition) is 3. The minimum Gasteiger partial charge on any atom is -0.492 e. The van der Waals surface area contributed by atoms with Crippen LogP contribution in [0.5, 0.6) is 5.75 Å². The van der Waals surface area contributed by atoms with Crippen LogP contribution in [0.3, 0.4) is 0 Å². The summed E-state index contributed by atoms with van der Waals surface area (Å²) < 4.78 is 5.48. The van der Waals surface area contributed by atoms with Crippen molar-refractivity contribution in [3.8, 4) is 5.75 Å². The van der Waals surface area contributed by atoms with Crippen molar-refractivity contribution in [2.24, 2.45) is 0 Å². The van der Waals surface area contributed by atoms with Gasteiger partial charge in [-0.05, 0) is 25.0 Å². The number of ether oxygens (including phenoxy) is 1. The van der Waals surface area contributed by atoms with Crippen LogP contribution in [0.25, 0.3) is 0 Å². The number of aliphatic hydroxyl groups excluding tert-OH is 1. The highest BCUT2D eigenvalue weighted by Gasteiger charge is 2.21. The Labute approximate surface area is 113 Å². The molecule has 1 aromatic carbocycles. The van der Waals surface area contributed by atoms with Crippen molar-refractivity contribution in [2.45, 2.75) is 18.9 Å². The Bertz CT molecular complexity index is 397. The van der Waals surface area contributed by atoms with E-state index in [2.05, 4.69) is 5.32 Å². The summed E-state index contributed by atoms with van der Waals surface area (Å²) in [5, 5.41) is 12.3. The quantitative estimate of drug-likeness (QED) is 0.804. The van der Waals surface area contributed by atoms with Gasteiger partial charge in [-0.1, -0.05) is 18.2 Å². The molecule has 1 heterocycles. The molecule has 0 spiro atoms. The number of amides is 2. The van der Waals surface area contributed by atoms with E-state index in [0.717, 1.165) is 18.6 Å². The normalized spacial score (nSPS) is 19.0. The molecule has 1 saturated heterocycles. The summed E-state index contributed by atoms with van der Waals surface area (Å²) in [7, 11) is 0. The second-order valence-electron chi connectivity index (χ2n) is 4.64. The third-order valence-electron chi connectivity index (χ3n) is 3.07. The van der Waals surface area contributed by atoms with E-state index in [4.69, 9.17) is 4.74 Å². The average molecular weight is 264 g/mol. The average Bonchev–Trinajstić information content (AvgIpc) is 2.44. The first-order valence-electron chi connectivity index (χ1n) is 6.64. The maximum atomic E-state index is 11.8. The first-order chi connectivity index (χ1) is 9.25. The zero-order valence-corrected chi connectivity index (χ0v) is 10.9. The third-order valence-corrected chi connectivity index (χ3v) is 3.07. The van der Waals surface area contributed by atoms with Crippen LogP contribution in [-0.4, -0.2) is 48.4 Å². The number of hydrogen-bond donors (Lipinski definition) is 2. The molecular formula is C14H20N2O3. The summed E-state index contributed by atoms with van der Waals surface area (Å²) in [4.78, 5) is 13.5. The number of β-amino-alcohol motifs (C(OH)–C–C–N with tert-alkyl or cyclic N) is 1. The summed E-state index contributed by atoms with van der Waals surface area (Å²) in [5.41, 5.74) is 0. The van der Waals surface area contributed by atoms with Crippen molar-refractivity contribution in [3.05, 3.63) is 30.3 Å². The van der Waals surface area contributed by atoms with Crippen LogP contribution in [0.1, 0.15) is 12.8 Å². The highest BCUT2D eigenvalue weighted by atomic mass is 16.5. The maximum absolute atomic E-state index is 11.8. The van der Waals surface area contributed by atoms with Gasteiger partial charge in [-0.15, -0.1) is 0 Å². The Morgan fingerprint density at radius 2 is 2.21 bits per heavy atom. The van der Waals surface area contributed by atoms with Crippen molar-refractivity contribution < 1.29 is 14.6 Å². The number of para-hydroxylation sites is 1. The molecule has 2 N–H and O–H groups in total. The van der Waals surface area contributed by atoms with Crippen LogP contribution in [0.2, 0.25) is 0 Å². The van der Waals surface area contributed by atoms with Crippen LogP contribution in [0, 0.1) is 0 Å². The van der Waals surface area contributed by atoms with Crippen molar-refractivity contribution in [1.82, 2.24) is 10.2 Å². The molecule has 1 aliphatic rings. The number of carbonyl (C=O) groups is 1. The number of aliphatic hydroxyl groups is 1. The van der Waals surface area contributed by atoms with E-state index in [1.165, 1.54) is 0 Å². The van der Waals surface area contributed by atoms with E-state index >= 15 is 0 Å². The van der Waals surface area contributed by atoms with Gasteiger partial charge in [0.05, 0.1) is 12.6 Å². The largest absolute Gasteiger partial charge is 0.492 e. The van der Waals surface area contributed by atoms with E-state index in [9.17, 15) is 9.90 Å². The summed E-state index contributed by atoms with van der Waals surface area (Å²) >= 11 is 0. The van der Waals surface area contributed by atoms with Gasteiger partial charge >= 0.3 is 6.03 Å². The highest BCUT2D eigenvalue weighted by molar-refractivity contribution is 5.74. The zero-order valence-electron chi connectivity index (χ0n) is 10.9. The molecular weight excluding hydrogens is 244 g/mol. The standard InChI is InChI=1S/C14H20N2O3/c17-12-5-4-9-16(11-12)14(18)15-8-10-19-13-6-2-1-3-7-13/h1-3,6-7,12,17H,4-5,8-11H2,(H,15,18). The fraction of sp³-hybridized carbons (Fsp3) is 0.500. The molecule has 0 aliphatic carbocycles. The molecule has 1 aromatic rings. The Kier molecular flexibility index (Phi) is 5.03. The smallest absolute Gasteiger partial charge is 0.317 e. The number of carbonyl (C=O) groups excluding carboxylic acids is 1. The molecule has 1 fully saturated rings. The lowest BCUT2D eigenvalue weighted by Gasteiger charge is -2.30. The van der Waals surface area contributed by atoms with Gasteiger partial charge in [0.25, 0.3) is 0 Å². The van der Waals surface area contributed by atoms with Crippen molar-refractivity contribution in [1.29, 1.82) is 0 Å². The first kappa shape index (κ1) is 13.7. The molecule has 1 unspecified atom stereocenters. The molecule has 104 valence electrons. The Hall–Kier alpha value is -1.75. The molecule has 1 aliphatic heterocycles. The minimum absolute atomic E-state index is 0.129. The summed E-state index contributed by atoms with van der Waals surface area (Å²) in [6, 6.07) is 9.36. The molecule has 2 amide bonds. The predicted octanol–water partition coefficient (Wildman–Crippen LogP) is 1.23. The number of urea groups is 1. The number of rotatable bonds is 4. The lowest BCUT2D eigenvalue weighted by Crippen LogP contribution is -2.47. The molecule has 19 heavy (non-hydrogen) atoms. The van der Waals surface area contributed by atoms with Crippen molar-refractivity contribution in [2.75, 3.05) is 26.2 Å². The zero-order chi connectivity index (χ0) is 13.5. The molecule has 0 saturated carbocycles. The van der Waals surface area contributed by atoms with Crippen LogP contribution in [-0.2, 0) is 0 Å². The highest BCUT2D eigenvalue weighted by Crippen LogP contribution is 2.10. The van der Waals surface area contributed by atoms with Crippen molar-refractivity contribution >= 4 is 6.03 Å². The van der Waals surface area contributed by atoms with Crippen LogP contribution in [0.4, 0.5) is 4.79 Å². The molecule has 1 atom stereocenters. The Balaban J connectivity index is 1.64. The minimum atomic E-state index is -0.389. The fourth-order valence-electron chi connectivity index (χ4n) is 2.09. The van der Waals surface area contributed by atoms with E-state index in [0.29, 0.717) is 26.2 Å². The third kappa shape index (κ3) is 4.44. The van der Waals surface area contributed by atoms with Gasteiger partial charge in [-0.2, -0.15) is 0 Å². The number of benzene rings is 1. The van der Waals surface area contributed by atoms with Gasteiger partial charge in [0.2, 0.25) is 0 Å². The number of nitrogens with one attached hydrogen (secondary N) is 1. The van der Waals surface area contributed by atoms with Crippen molar-refractivity contribution in [3.63, 3.8) is 0 Å². The Morgan fingerprint density at radius 1 is 1.42 bits per heavy atom. The molecule has 0 aromatic heterocycles. The lowest BCUT2D eigenvalue weighted by atomic mass is 10.1. The summed E-state index contributed by atoms with van der Waals surface area (Å²) in [6.07, 6.45) is 1.25. The van der Waals surface area contributed by atoms with E-state index < -0.39 is 0 Å². The van der Waals surface area contributed by atoms with Gasteiger partial charge in [0, 0.05) is 13.1 Å². The van der Waals surface area contributed by atoms with Gasteiger partial charge in [0.1, 0.15) is 12.4 Å².